The molecule has 1 aliphatic rings. The molecule has 28 heavy (non-hydrogen) atoms. The van der Waals surface area contributed by atoms with Crippen molar-refractivity contribution >= 4 is 11.6 Å². The van der Waals surface area contributed by atoms with Crippen LogP contribution in [0.15, 0.2) is 24.7 Å². The van der Waals surface area contributed by atoms with Crippen molar-refractivity contribution in [2.75, 3.05) is 25.5 Å². The second kappa shape index (κ2) is 7.33. The van der Waals surface area contributed by atoms with Gasteiger partial charge in [-0.1, -0.05) is 0 Å². The number of anilines is 1. The Hall–Kier alpha value is -2.78. The van der Waals surface area contributed by atoms with Crippen LogP contribution in [0.2, 0.25) is 0 Å². The fourth-order valence-electron chi connectivity index (χ4n) is 3.40. The maximum atomic E-state index is 10.5. The second-order valence-electron chi connectivity index (χ2n) is 7.50. The molecule has 1 aliphatic heterocycles. The number of nitrogens with zero attached hydrogens (tertiary/aromatic N) is 5. The largest absolute Gasteiger partial charge is 0.493 e. The highest BCUT2D eigenvalue weighted by Crippen LogP contribution is 2.31. The van der Waals surface area contributed by atoms with Gasteiger partial charge in [0.25, 0.3) is 0 Å². The van der Waals surface area contributed by atoms with E-state index >= 15 is 0 Å². The van der Waals surface area contributed by atoms with Crippen molar-refractivity contribution in [1.82, 2.24) is 29.9 Å². The van der Waals surface area contributed by atoms with E-state index < -0.39 is 5.60 Å². The van der Waals surface area contributed by atoms with Crippen LogP contribution >= 0.6 is 0 Å². The molecule has 3 aromatic heterocycles. The highest BCUT2D eigenvalue weighted by atomic mass is 16.5. The number of rotatable bonds is 5. The molecular formula is C19H25N7O2. The first-order valence-electron chi connectivity index (χ1n) is 9.41. The number of nitrogens with one attached hydrogen (secondary N) is 2. The number of fused-ring (bicyclic) bond motifs is 1. The molecule has 0 aromatic carbocycles. The standard InChI is InChI=1S/C19H25N7O2/c1-19(2,27)16-15(28-3)11-26-17(25-16)13(10-22-26)14-6-8-21-18(24-14)23-12-5-4-7-20-9-12/h6,8,10-12,20,27H,4-5,7,9H2,1-3H3,(H,21,23,24). The highest BCUT2D eigenvalue weighted by Gasteiger charge is 2.25. The normalized spacial score (nSPS) is 17.6. The SMILES string of the molecule is COc1cn2ncc(-c3ccnc(NC4CCCNC4)n3)c2nc1C(C)(C)O. The van der Waals surface area contributed by atoms with Crippen molar-refractivity contribution in [3.8, 4) is 17.0 Å². The first-order valence-corrected chi connectivity index (χ1v) is 9.41. The molecule has 0 saturated carbocycles. The van der Waals surface area contributed by atoms with E-state index in [1.807, 2.05) is 6.07 Å². The lowest BCUT2D eigenvalue weighted by Crippen LogP contribution is -2.38. The van der Waals surface area contributed by atoms with Gasteiger partial charge in [-0.15, -0.1) is 0 Å². The number of methoxy groups -OCH3 is 1. The highest BCUT2D eigenvalue weighted by molar-refractivity contribution is 5.75. The summed E-state index contributed by atoms with van der Waals surface area (Å²) in [5, 5.41) is 21.6. The van der Waals surface area contributed by atoms with E-state index in [-0.39, 0.29) is 0 Å². The van der Waals surface area contributed by atoms with Crippen LogP contribution in [-0.2, 0) is 5.60 Å². The van der Waals surface area contributed by atoms with E-state index in [1.165, 1.54) is 0 Å². The van der Waals surface area contributed by atoms with Gasteiger partial charge >= 0.3 is 0 Å². The Kier molecular flexibility index (Phi) is 4.86. The summed E-state index contributed by atoms with van der Waals surface area (Å²) in [5.74, 6) is 1.06. The topological polar surface area (TPSA) is 109 Å². The third-order valence-electron chi connectivity index (χ3n) is 4.82. The van der Waals surface area contributed by atoms with Crippen molar-refractivity contribution in [2.45, 2.75) is 38.3 Å². The lowest BCUT2D eigenvalue weighted by atomic mass is 10.0. The second-order valence-corrected chi connectivity index (χ2v) is 7.50. The van der Waals surface area contributed by atoms with Crippen LogP contribution < -0.4 is 15.4 Å². The summed E-state index contributed by atoms with van der Waals surface area (Å²) in [6.07, 6.45) is 7.38. The average molecular weight is 383 g/mol. The molecule has 0 aliphatic carbocycles. The number of piperidine rings is 1. The van der Waals surface area contributed by atoms with Gasteiger partial charge in [-0.05, 0) is 39.3 Å². The van der Waals surface area contributed by atoms with E-state index in [4.69, 9.17) is 4.74 Å². The molecule has 9 nitrogen and oxygen atoms in total. The van der Waals surface area contributed by atoms with Gasteiger partial charge in [0.05, 0.1) is 30.8 Å². The summed E-state index contributed by atoms with van der Waals surface area (Å²) in [5.41, 5.74) is 1.38. The molecule has 0 amide bonds. The summed E-state index contributed by atoms with van der Waals surface area (Å²) < 4.78 is 7.00. The summed E-state index contributed by atoms with van der Waals surface area (Å²) in [4.78, 5) is 13.6. The van der Waals surface area contributed by atoms with Crippen LogP contribution in [0, 0.1) is 0 Å². The van der Waals surface area contributed by atoms with Crippen LogP contribution in [0.5, 0.6) is 5.75 Å². The molecule has 148 valence electrons. The molecular weight excluding hydrogens is 358 g/mol. The predicted molar refractivity (Wildman–Crippen MR) is 105 cm³/mol. The molecule has 0 spiro atoms. The first kappa shape index (κ1) is 18.6. The Morgan fingerprint density at radius 2 is 2.21 bits per heavy atom. The van der Waals surface area contributed by atoms with Crippen LogP contribution in [0.1, 0.15) is 32.4 Å². The molecule has 9 heteroatoms. The van der Waals surface area contributed by atoms with E-state index in [1.54, 1.807) is 44.1 Å². The zero-order valence-corrected chi connectivity index (χ0v) is 16.3. The van der Waals surface area contributed by atoms with Gasteiger partial charge in [-0.3, -0.25) is 0 Å². The molecule has 0 bridgehead atoms. The van der Waals surface area contributed by atoms with Crippen LogP contribution in [0.3, 0.4) is 0 Å². The maximum Gasteiger partial charge on any atom is 0.223 e. The number of hydrogen-bond donors (Lipinski definition) is 3. The third kappa shape index (κ3) is 3.63. The van der Waals surface area contributed by atoms with Crippen molar-refractivity contribution in [3.05, 3.63) is 30.4 Å². The number of aliphatic hydroxyl groups is 1. The Labute approximate surface area is 163 Å². The molecule has 1 unspecified atom stereocenters. The quantitative estimate of drug-likeness (QED) is 0.609. The van der Waals surface area contributed by atoms with Gasteiger partial charge in [0.15, 0.2) is 11.4 Å². The fraction of sp³-hybridized carbons (Fsp3) is 0.474. The Morgan fingerprint density at radius 3 is 2.93 bits per heavy atom. The summed E-state index contributed by atoms with van der Waals surface area (Å²) in [6, 6.07) is 2.15. The van der Waals surface area contributed by atoms with Crippen LogP contribution in [0.25, 0.3) is 16.9 Å². The minimum Gasteiger partial charge on any atom is -0.493 e. The summed E-state index contributed by atoms with van der Waals surface area (Å²) >= 11 is 0. The van der Waals surface area contributed by atoms with Crippen molar-refractivity contribution in [2.24, 2.45) is 0 Å². The van der Waals surface area contributed by atoms with E-state index in [0.29, 0.717) is 29.1 Å². The number of aromatic nitrogens is 5. The van der Waals surface area contributed by atoms with E-state index in [0.717, 1.165) is 37.2 Å². The minimum absolute atomic E-state index is 0.317. The third-order valence-corrected chi connectivity index (χ3v) is 4.82. The van der Waals surface area contributed by atoms with Gasteiger partial charge in [0, 0.05) is 18.8 Å². The number of ether oxygens (including phenoxy) is 1. The molecule has 0 radical (unpaired) electrons. The zero-order chi connectivity index (χ0) is 19.7. The van der Waals surface area contributed by atoms with Crippen molar-refractivity contribution < 1.29 is 9.84 Å². The van der Waals surface area contributed by atoms with E-state index in [9.17, 15) is 5.11 Å². The smallest absolute Gasteiger partial charge is 0.223 e. The summed E-state index contributed by atoms with van der Waals surface area (Å²) in [6.45, 7) is 5.31. The average Bonchev–Trinajstić information content (AvgIpc) is 3.10. The molecule has 1 saturated heterocycles. The lowest BCUT2D eigenvalue weighted by Gasteiger charge is -2.23. The maximum absolute atomic E-state index is 10.5. The molecule has 4 heterocycles. The fourth-order valence-corrected chi connectivity index (χ4v) is 3.40. The van der Waals surface area contributed by atoms with Gasteiger partial charge in [0.2, 0.25) is 5.95 Å². The number of hydrogen-bond acceptors (Lipinski definition) is 8. The van der Waals surface area contributed by atoms with Gasteiger partial charge in [-0.25, -0.2) is 19.5 Å². The lowest BCUT2D eigenvalue weighted by molar-refractivity contribution is 0.0707. The molecule has 3 N–H and O–H groups in total. The zero-order valence-electron chi connectivity index (χ0n) is 16.3. The molecule has 4 rings (SSSR count). The van der Waals surface area contributed by atoms with E-state index in [2.05, 4.69) is 30.7 Å². The van der Waals surface area contributed by atoms with Crippen molar-refractivity contribution in [1.29, 1.82) is 0 Å². The van der Waals surface area contributed by atoms with Gasteiger partial charge < -0.3 is 20.5 Å². The van der Waals surface area contributed by atoms with Gasteiger partial charge in [0.1, 0.15) is 11.3 Å². The minimum atomic E-state index is -1.15. The van der Waals surface area contributed by atoms with Crippen LogP contribution in [-0.4, -0.2) is 55.9 Å². The molecule has 1 fully saturated rings. The Bertz CT molecular complexity index is 974. The van der Waals surface area contributed by atoms with Crippen LogP contribution in [0.4, 0.5) is 5.95 Å². The molecule has 3 aromatic rings. The first-order chi connectivity index (χ1) is 13.5. The summed E-state index contributed by atoms with van der Waals surface area (Å²) in [7, 11) is 1.55. The van der Waals surface area contributed by atoms with Crippen molar-refractivity contribution in [3.63, 3.8) is 0 Å². The molecule has 1 atom stereocenters. The predicted octanol–water partition coefficient (Wildman–Crippen LogP) is 1.59. The Balaban J connectivity index is 1.72. The van der Waals surface area contributed by atoms with Gasteiger partial charge in [-0.2, -0.15) is 5.10 Å². The Morgan fingerprint density at radius 1 is 1.36 bits per heavy atom. The monoisotopic (exact) mass is 383 g/mol.